The highest BCUT2D eigenvalue weighted by molar-refractivity contribution is 5.94. The molecule has 1 atom stereocenters. The van der Waals surface area contributed by atoms with Gasteiger partial charge in [0.15, 0.2) is 0 Å². The molecule has 1 amide bonds. The summed E-state index contributed by atoms with van der Waals surface area (Å²) in [5, 5.41) is 13.3. The van der Waals surface area contributed by atoms with Crippen LogP contribution in [0.4, 0.5) is 5.82 Å². The number of pyridine rings is 1. The molecular weight excluding hydrogens is 264 g/mol. The molecule has 2 N–H and O–H groups in total. The van der Waals surface area contributed by atoms with Gasteiger partial charge in [0, 0.05) is 17.2 Å². The van der Waals surface area contributed by atoms with Crippen LogP contribution < -0.4 is 5.32 Å². The molecule has 2 rings (SSSR count). The summed E-state index contributed by atoms with van der Waals surface area (Å²) in [7, 11) is 0. The van der Waals surface area contributed by atoms with Crippen molar-refractivity contribution in [2.75, 3.05) is 5.32 Å². The molecule has 0 aliphatic rings. The van der Waals surface area contributed by atoms with E-state index in [1.54, 1.807) is 18.3 Å². The molecule has 4 heteroatoms. The van der Waals surface area contributed by atoms with Gasteiger partial charge in [-0.15, -0.1) is 0 Å². The van der Waals surface area contributed by atoms with Gasteiger partial charge in [0.25, 0.3) is 0 Å². The third-order valence-electron chi connectivity index (χ3n) is 3.16. The number of nitrogens with zero attached hydrogens (tertiary/aromatic N) is 1. The zero-order valence-electron chi connectivity index (χ0n) is 12.5. The lowest BCUT2D eigenvalue weighted by Crippen LogP contribution is -2.28. The van der Waals surface area contributed by atoms with Crippen molar-refractivity contribution >= 4 is 11.7 Å². The van der Waals surface area contributed by atoms with Gasteiger partial charge in [-0.1, -0.05) is 57.2 Å². The number of carbonyl (C=O) groups excluding carboxylic acids is 1. The standard InChI is InChI=1S/C17H20N2O2/c1-17(2,3)16(21)19-15-13(10-7-11-18-15)14(20)12-8-5-4-6-9-12/h4-11,14,20H,1-3H3,(H,18,19,21)/t14-/m0/s1. The highest BCUT2D eigenvalue weighted by atomic mass is 16.3. The molecule has 0 aliphatic carbocycles. The number of carbonyl (C=O) groups is 1. The zero-order valence-corrected chi connectivity index (χ0v) is 12.5. The Labute approximate surface area is 124 Å². The number of aliphatic hydroxyl groups is 1. The minimum atomic E-state index is -0.824. The van der Waals surface area contributed by atoms with Crippen LogP contribution in [0.15, 0.2) is 48.7 Å². The van der Waals surface area contributed by atoms with Crippen molar-refractivity contribution < 1.29 is 9.90 Å². The molecule has 21 heavy (non-hydrogen) atoms. The van der Waals surface area contributed by atoms with E-state index < -0.39 is 11.5 Å². The quantitative estimate of drug-likeness (QED) is 0.910. The molecule has 1 heterocycles. The Morgan fingerprint density at radius 1 is 1.14 bits per heavy atom. The van der Waals surface area contributed by atoms with Crippen molar-refractivity contribution in [2.45, 2.75) is 26.9 Å². The minimum Gasteiger partial charge on any atom is -0.384 e. The van der Waals surface area contributed by atoms with Crippen LogP contribution in [0.1, 0.15) is 38.0 Å². The molecule has 0 saturated heterocycles. The smallest absolute Gasteiger partial charge is 0.230 e. The monoisotopic (exact) mass is 284 g/mol. The van der Waals surface area contributed by atoms with E-state index in [0.717, 1.165) is 5.56 Å². The van der Waals surface area contributed by atoms with Crippen LogP contribution in [-0.4, -0.2) is 16.0 Å². The second kappa shape index (κ2) is 6.06. The van der Waals surface area contributed by atoms with Crippen molar-refractivity contribution in [3.05, 3.63) is 59.8 Å². The van der Waals surface area contributed by atoms with Gasteiger partial charge in [0.2, 0.25) is 5.91 Å². The molecule has 0 spiro atoms. The maximum Gasteiger partial charge on any atom is 0.230 e. The highest BCUT2D eigenvalue weighted by Crippen LogP contribution is 2.27. The number of aliphatic hydroxyl groups excluding tert-OH is 1. The van der Waals surface area contributed by atoms with E-state index in [1.807, 2.05) is 51.1 Å². The Kier molecular flexibility index (Phi) is 4.38. The average Bonchev–Trinajstić information content (AvgIpc) is 2.47. The summed E-state index contributed by atoms with van der Waals surface area (Å²) in [4.78, 5) is 16.3. The molecule has 1 aromatic carbocycles. The van der Waals surface area contributed by atoms with E-state index >= 15 is 0 Å². The number of anilines is 1. The lowest BCUT2D eigenvalue weighted by molar-refractivity contribution is -0.123. The van der Waals surface area contributed by atoms with Crippen LogP contribution in [-0.2, 0) is 4.79 Å². The first-order valence-electron chi connectivity index (χ1n) is 6.89. The third kappa shape index (κ3) is 3.67. The largest absolute Gasteiger partial charge is 0.384 e. The molecule has 0 radical (unpaired) electrons. The fourth-order valence-electron chi connectivity index (χ4n) is 1.85. The lowest BCUT2D eigenvalue weighted by Gasteiger charge is -2.20. The van der Waals surface area contributed by atoms with Crippen LogP contribution >= 0.6 is 0 Å². The summed E-state index contributed by atoms with van der Waals surface area (Å²) in [5.41, 5.74) is 0.824. The molecule has 2 aromatic rings. The number of rotatable bonds is 3. The Bertz CT molecular complexity index is 618. The van der Waals surface area contributed by atoms with Crippen molar-refractivity contribution in [2.24, 2.45) is 5.41 Å². The summed E-state index contributed by atoms with van der Waals surface area (Å²) < 4.78 is 0. The number of benzene rings is 1. The number of nitrogens with one attached hydrogen (secondary N) is 1. The first-order valence-corrected chi connectivity index (χ1v) is 6.89. The summed E-state index contributed by atoms with van der Waals surface area (Å²) >= 11 is 0. The van der Waals surface area contributed by atoms with Crippen LogP contribution in [0.25, 0.3) is 0 Å². The number of hydrogen-bond donors (Lipinski definition) is 2. The van der Waals surface area contributed by atoms with E-state index in [0.29, 0.717) is 11.4 Å². The number of amides is 1. The second-order valence-corrected chi connectivity index (χ2v) is 5.96. The third-order valence-corrected chi connectivity index (χ3v) is 3.16. The second-order valence-electron chi connectivity index (χ2n) is 5.96. The topological polar surface area (TPSA) is 62.2 Å². The van der Waals surface area contributed by atoms with E-state index in [9.17, 15) is 9.90 Å². The first-order chi connectivity index (χ1) is 9.89. The van der Waals surface area contributed by atoms with Gasteiger partial charge in [0.1, 0.15) is 11.9 Å². The van der Waals surface area contributed by atoms with Crippen molar-refractivity contribution in [1.29, 1.82) is 0 Å². The first kappa shape index (κ1) is 15.2. The van der Waals surface area contributed by atoms with Gasteiger partial charge >= 0.3 is 0 Å². The molecule has 0 saturated carbocycles. The molecule has 0 bridgehead atoms. The normalized spacial score (nSPS) is 12.8. The van der Waals surface area contributed by atoms with Crippen molar-refractivity contribution in [1.82, 2.24) is 4.98 Å². The van der Waals surface area contributed by atoms with E-state index in [4.69, 9.17) is 0 Å². The Hall–Kier alpha value is -2.20. The summed E-state index contributed by atoms with van der Waals surface area (Å²) in [6.07, 6.45) is 0.773. The molecule has 0 fully saturated rings. The lowest BCUT2D eigenvalue weighted by atomic mass is 9.95. The Morgan fingerprint density at radius 2 is 1.81 bits per heavy atom. The molecule has 1 aromatic heterocycles. The van der Waals surface area contributed by atoms with Gasteiger partial charge in [0.05, 0.1) is 0 Å². The predicted molar refractivity (Wildman–Crippen MR) is 82.8 cm³/mol. The SMILES string of the molecule is CC(C)(C)C(=O)Nc1ncccc1[C@@H](O)c1ccccc1. The minimum absolute atomic E-state index is 0.136. The predicted octanol–water partition coefficient (Wildman–Crippen LogP) is 3.15. The highest BCUT2D eigenvalue weighted by Gasteiger charge is 2.24. The van der Waals surface area contributed by atoms with Crippen LogP contribution in [0, 0.1) is 5.41 Å². The molecular formula is C17H20N2O2. The van der Waals surface area contributed by atoms with Crippen molar-refractivity contribution in [3.8, 4) is 0 Å². The zero-order chi connectivity index (χ0) is 15.5. The van der Waals surface area contributed by atoms with E-state index in [1.165, 1.54) is 0 Å². The number of aromatic nitrogens is 1. The molecule has 110 valence electrons. The van der Waals surface area contributed by atoms with E-state index in [-0.39, 0.29) is 5.91 Å². The van der Waals surface area contributed by atoms with Crippen LogP contribution in [0.5, 0.6) is 0 Å². The molecule has 4 nitrogen and oxygen atoms in total. The molecule has 0 aliphatic heterocycles. The Morgan fingerprint density at radius 3 is 2.43 bits per heavy atom. The summed E-state index contributed by atoms with van der Waals surface area (Å²) in [6.45, 7) is 5.50. The van der Waals surface area contributed by atoms with E-state index in [2.05, 4.69) is 10.3 Å². The van der Waals surface area contributed by atoms with Crippen LogP contribution in [0.2, 0.25) is 0 Å². The fourth-order valence-corrected chi connectivity index (χ4v) is 1.85. The molecule has 0 unspecified atom stereocenters. The summed E-state index contributed by atoms with van der Waals surface area (Å²) in [5.74, 6) is 0.261. The maximum absolute atomic E-state index is 12.1. The van der Waals surface area contributed by atoms with Gasteiger partial charge in [-0.3, -0.25) is 4.79 Å². The van der Waals surface area contributed by atoms with Gasteiger partial charge in [-0.25, -0.2) is 4.98 Å². The number of hydrogen-bond acceptors (Lipinski definition) is 3. The summed E-state index contributed by atoms with van der Waals surface area (Å²) in [6, 6.07) is 12.8. The average molecular weight is 284 g/mol. The van der Waals surface area contributed by atoms with Crippen molar-refractivity contribution in [3.63, 3.8) is 0 Å². The maximum atomic E-state index is 12.1. The van der Waals surface area contributed by atoms with Gasteiger partial charge in [-0.05, 0) is 11.6 Å². The Balaban J connectivity index is 2.31. The van der Waals surface area contributed by atoms with Gasteiger partial charge in [-0.2, -0.15) is 0 Å². The fraction of sp³-hybridized carbons (Fsp3) is 0.294. The van der Waals surface area contributed by atoms with Gasteiger partial charge < -0.3 is 10.4 Å². The van der Waals surface area contributed by atoms with Crippen LogP contribution in [0.3, 0.4) is 0 Å².